The normalized spacial score (nSPS) is 12.3. The number of ether oxygens (including phenoxy) is 2. The third-order valence-electron chi connectivity index (χ3n) is 3.07. The van der Waals surface area contributed by atoms with Crippen LogP contribution in [0, 0.1) is 12.8 Å². The highest BCUT2D eigenvalue weighted by atomic mass is 16.5. The van der Waals surface area contributed by atoms with Gasteiger partial charge in [0.05, 0.1) is 14.2 Å². The second-order valence-corrected chi connectivity index (χ2v) is 4.94. The topological polar surface area (TPSA) is 47.6 Å². The average molecular weight is 265 g/mol. The second-order valence-electron chi connectivity index (χ2n) is 4.94. The Bertz CT molecular complexity index is 429. The SMILES string of the molecule is COC(=O)[C@@H](NCc1cc(C)ccc1OC)C(C)C. The first-order chi connectivity index (χ1) is 8.99. The van der Waals surface area contributed by atoms with Crippen LogP contribution in [-0.2, 0) is 16.1 Å². The van der Waals surface area contributed by atoms with Gasteiger partial charge in [-0.3, -0.25) is 10.1 Å². The summed E-state index contributed by atoms with van der Waals surface area (Å²) < 4.78 is 10.1. The van der Waals surface area contributed by atoms with E-state index in [1.165, 1.54) is 7.11 Å². The number of carbonyl (C=O) groups excluding carboxylic acids is 1. The molecule has 0 aliphatic heterocycles. The lowest BCUT2D eigenvalue weighted by atomic mass is 10.0. The van der Waals surface area contributed by atoms with Crippen molar-refractivity contribution < 1.29 is 14.3 Å². The Morgan fingerprint density at radius 1 is 1.32 bits per heavy atom. The van der Waals surface area contributed by atoms with Crippen molar-refractivity contribution in [1.29, 1.82) is 0 Å². The molecule has 0 fully saturated rings. The van der Waals surface area contributed by atoms with Crippen molar-refractivity contribution in [2.24, 2.45) is 5.92 Å². The van der Waals surface area contributed by atoms with Gasteiger partial charge in [0.15, 0.2) is 0 Å². The minimum Gasteiger partial charge on any atom is -0.496 e. The number of hydrogen-bond acceptors (Lipinski definition) is 4. The standard InChI is InChI=1S/C15H23NO3/c1-10(2)14(15(17)19-5)16-9-12-8-11(3)6-7-13(12)18-4/h6-8,10,14,16H,9H2,1-5H3/t14-/m0/s1. The van der Waals surface area contributed by atoms with Gasteiger partial charge in [0.2, 0.25) is 0 Å². The van der Waals surface area contributed by atoms with Crippen LogP contribution in [0.4, 0.5) is 0 Å². The highest BCUT2D eigenvalue weighted by Gasteiger charge is 2.22. The van der Waals surface area contributed by atoms with Crippen LogP contribution < -0.4 is 10.1 Å². The Kier molecular flexibility index (Phi) is 5.83. The van der Waals surface area contributed by atoms with E-state index in [0.717, 1.165) is 16.9 Å². The fraction of sp³-hybridized carbons (Fsp3) is 0.533. The molecule has 1 atom stereocenters. The number of benzene rings is 1. The molecule has 1 aromatic rings. The van der Waals surface area contributed by atoms with Gasteiger partial charge in [-0.2, -0.15) is 0 Å². The first-order valence-electron chi connectivity index (χ1n) is 6.44. The van der Waals surface area contributed by atoms with E-state index in [4.69, 9.17) is 9.47 Å². The number of methoxy groups -OCH3 is 2. The van der Waals surface area contributed by atoms with E-state index in [-0.39, 0.29) is 17.9 Å². The maximum Gasteiger partial charge on any atom is 0.323 e. The van der Waals surface area contributed by atoms with Crippen LogP contribution in [0.15, 0.2) is 18.2 Å². The van der Waals surface area contributed by atoms with Crippen molar-refractivity contribution in [2.75, 3.05) is 14.2 Å². The van der Waals surface area contributed by atoms with Crippen LogP contribution in [0.1, 0.15) is 25.0 Å². The summed E-state index contributed by atoms with van der Waals surface area (Å²) in [7, 11) is 3.06. The van der Waals surface area contributed by atoms with Crippen LogP contribution in [0.25, 0.3) is 0 Å². The van der Waals surface area contributed by atoms with E-state index >= 15 is 0 Å². The van der Waals surface area contributed by atoms with E-state index < -0.39 is 0 Å². The Hall–Kier alpha value is -1.55. The molecule has 0 spiro atoms. The third-order valence-corrected chi connectivity index (χ3v) is 3.07. The zero-order chi connectivity index (χ0) is 14.4. The summed E-state index contributed by atoms with van der Waals surface area (Å²) in [5.41, 5.74) is 2.20. The molecule has 1 N–H and O–H groups in total. The lowest BCUT2D eigenvalue weighted by Gasteiger charge is -2.20. The van der Waals surface area contributed by atoms with Gasteiger partial charge in [-0.15, -0.1) is 0 Å². The molecular weight excluding hydrogens is 242 g/mol. The van der Waals surface area contributed by atoms with Gasteiger partial charge in [-0.05, 0) is 18.9 Å². The summed E-state index contributed by atoms with van der Waals surface area (Å²) in [4.78, 5) is 11.7. The number of nitrogens with one attached hydrogen (secondary N) is 1. The summed E-state index contributed by atoms with van der Waals surface area (Å²) in [6.45, 7) is 6.58. The molecule has 0 radical (unpaired) electrons. The maximum atomic E-state index is 11.7. The van der Waals surface area contributed by atoms with Crippen molar-refractivity contribution in [3.63, 3.8) is 0 Å². The number of hydrogen-bond donors (Lipinski definition) is 1. The zero-order valence-electron chi connectivity index (χ0n) is 12.3. The van der Waals surface area contributed by atoms with E-state index in [9.17, 15) is 4.79 Å². The molecule has 0 aliphatic carbocycles. The molecule has 0 aliphatic rings. The number of esters is 1. The Morgan fingerprint density at radius 3 is 2.53 bits per heavy atom. The smallest absolute Gasteiger partial charge is 0.323 e. The number of carbonyl (C=O) groups is 1. The summed E-state index contributed by atoms with van der Waals surface area (Å²) in [6, 6.07) is 5.69. The van der Waals surface area contributed by atoms with Gasteiger partial charge in [-0.1, -0.05) is 31.5 Å². The van der Waals surface area contributed by atoms with E-state index in [1.54, 1.807) is 7.11 Å². The summed E-state index contributed by atoms with van der Waals surface area (Å²) in [5, 5.41) is 3.23. The van der Waals surface area contributed by atoms with Crippen LogP contribution in [0.3, 0.4) is 0 Å². The third kappa shape index (κ3) is 4.24. The van der Waals surface area contributed by atoms with Gasteiger partial charge in [0.25, 0.3) is 0 Å². The minimum absolute atomic E-state index is 0.170. The maximum absolute atomic E-state index is 11.7. The Labute approximate surface area is 115 Å². The Balaban J connectivity index is 2.79. The van der Waals surface area contributed by atoms with Gasteiger partial charge in [-0.25, -0.2) is 0 Å². The molecule has 0 unspecified atom stereocenters. The highest BCUT2D eigenvalue weighted by molar-refractivity contribution is 5.75. The molecule has 106 valence electrons. The van der Waals surface area contributed by atoms with E-state index in [0.29, 0.717) is 6.54 Å². The predicted molar refractivity (Wildman–Crippen MR) is 75.2 cm³/mol. The summed E-state index contributed by atoms with van der Waals surface area (Å²) in [6.07, 6.45) is 0. The van der Waals surface area contributed by atoms with Crippen LogP contribution >= 0.6 is 0 Å². The molecule has 0 aromatic heterocycles. The first-order valence-corrected chi connectivity index (χ1v) is 6.44. The van der Waals surface area contributed by atoms with Crippen molar-refractivity contribution in [1.82, 2.24) is 5.32 Å². The second kappa shape index (κ2) is 7.14. The van der Waals surface area contributed by atoms with Gasteiger partial charge in [0, 0.05) is 12.1 Å². The van der Waals surface area contributed by atoms with Crippen LogP contribution in [0.5, 0.6) is 5.75 Å². The summed E-state index contributed by atoms with van der Waals surface area (Å²) in [5.74, 6) is 0.760. The van der Waals surface area contributed by atoms with Crippen molar-refractivity contribution in [3.05, 3.63) is 29.3 Å². The molecule has 0 saturated carbocycles. The quantitative estimate of drug-likeness (QED) is 0.802. The van der Waals surface area contributed by atoms with Crippen molar-refractivity contribution in [3.8, 4) is 5.75 Å². The average Bonchev–Trinajstić information content (AvgIpc) is 2.38. The predicted octanol–water partition coefficient (Wildman–Crippen LogP) is 2.29. The van der Waals surface area contributed by atoms with Gasteiger partial charge >= 0.3 is 5.97 Å². The minimum atomic E-state index is -0.310. The lowest BCUT2D eigenvalue weighted by molar-refractivity contribution is -0.144. The number of rotatable bonds is 6. The summed E-state index contributed by atoms with van der Waals surface area (Å²) >= 11 is 0. The molecule has 19 heavy (non-hydrogen) atoms. The molecule has 4 nitrogen and oxygen atoms in total. The van der Waals surface area contributed by atoms with Crippen molar-refractivity contribution >= 4 is 5.97 Å². The monoisotopic (exact) mass is 265 g/mol. The fourth-order valence-corrected chi connectivity index (χ4v) is 1.98. The molecular formula is C15H23NO3. The molecule has 0 heterocycles. The Morgan fingerprint density at radius 2 is 2.00 bits per heavy atom. The largest absolute Gasteiger partial charge is 0.496 e. The van der Waals surface area contributed by atoms with Gasteiger partial charge < -0.3 is 9.47 Å². The molecule has 0 amide bonds. The molecule has 0 saturated heterocycles. The molecule has 4 heteroatoms. The van der Waals surface area contributed by atoms with E-state index in [2.05, 4.69) is 11.4 Å². The van der Waals surface area contributed by atoms with Crippen LogP contribution in [0.2, 0.25) is 0 Å². The molecule has 0 bridgehead atoms. The first kappa shape index (κ1) is 15.5. The highest BCUT2D eigenvalue weighted by Crippen LogP contribution is 2.20. The number of aryl methyl sites for hydroxylation is 1. The zero-order valence-corrected chi connectivity index (χ0v) is 12.3. The van der Waals surface area contributed by atoms with Crippen LogP contribution in [-0.4, -0.2) is 26.2 Å². The lowest BCUT2D eigenvalue weighted by Crippen LogP contribution is -2.41. The van der Waals surface area contributed by atoms with Gasteiger partial charge in [0.1, 0.15) is 11.8 Å². The molecule has 1 rings (SSSR count). The molecule has 1 aromatic carbocycles. The van der Waals surface area contributed by atoms with E-state index in [1.807, 2.05) is 32.9 Å². The van der Waals surface area contributed by atoms with Crippen molar-refractivity contribution in [2.45, 2.75) is 33.4 Å². The fourth-order valence-electron chi connectivity index (χ4n) is 1.98.